The zero-order valence-corrected chi connectivity index (χ0v) is 16.7. The van der Waals surface area contributed by atoms with Crippen LogP contribution in [-0.2, 0) is 21.8 Å². The minimum absolute atomic E-state index is 0.0297. The van der Waals surface area contributed by atoms with Gasteiger partial charge < -0.3 is 4.74 Å². The van der Waals surface area contributed by atoms with Crippen molar-refractivity contribution in [2.75, 3.05) is 11.8 Å². The molecule has 26 heavy (non-hydrogen) atoms. The van der Waals surface area contributed by atoms with Crippen LogP contribution in [0.5, 0.6) is 0 Å². The number of rotatable bonds is 4. The van der Waals surface area contributed by atoms with E-state index in [1.54, 1.807) is 7.05 Å². The summed E-state index contributed by atoms with van der Waals surface area (Å²) in [5.41, 5.74) is 0.618. The van der Waals surface area contributed by atoms with Crippen molar-refractivity contribution < 1.29 is 17.9 Å². The molecule has 0 aliphatic rings. The van der Waals surface area contributed by atoms with E-state index in [2.05, 4.69) is 35.5 Å². The molecule has 11 heteroatoms. The SMILES string of the molecule is COC(=O)c1cc(Br)cc(NS(=O)(=O)c2cnc3c(cnn3C)c2)c1Cl. The fourth-order valence-electron chi connectivity index (χ4n) is 2.30. The number of aromatic nitrogens is 3. The minimum atomic E-state index is -3.99. The summed E-state index contributed by atoms with van der Waals surface area (Å²) in [7, 11) is -1.08. The molecule has 0 saturated carbocycles. The molecule has 0 aliphatic carbocycles. The summed E-state index contributed by atoms with van der Waals surface area (Å²) < 4.78 is 34.4. The molecule has 3 rings (SSSR count). The number of carbonyl (C=O) groups is 1. The van der Waals surface area contributed by atoms with Crippen molar-refractivity contribution >= 4 is 60.2 Å². The van der Waals surface area contributed by atoms with E-state index in [9.17, 15) is 13.2 Å². The zero-order chi connectivity index (χ0) is 19.1. The molecule has 0 amide bonds. The van der Waals surface area contributed by atoms with Crippen LogP contribution < -0.4 is 4.72 Å². The maximum absolute atomic E-state index is 12.7. The van der Waals surface area contributed by atoms with E-state index in [0.29, 0.717) is 15.5 Å². The van der Waals surface area contributed by atoms with Crippen LogP contribution in [0.2, 0.25) is 5.02 Å². The van der Waals surface area contributed by atoms with Crippen molar-refractivity contribution in [3.05, 3.63) is 45.7 Å². The van der Waals surface area contributed by atoms with Gasteiger partial charge >= 0.3 is 5.97 Å². The number of halogens is 2. The van der Waals surface area contributed by atoms with Crippen molar-refractivity contribution in [1.29, 1.82) is 0 Å². The topological polar surface area (TPSA) is 103 Å². The molecule has 8 nitrogen and oxygen atoms in total. The molecule has 0 fully saturated rings. The van der Waals surface area contributed by atoms with Crippen molar-refractivity contribution in [2.24, 2.45) is 7.05 Å². The quantitative estimate of drug-likeness (QED) is 0.602. The Labute approximate surface area is 162 Å². The molecule has 3 aromatic rings. The molecule has 0 atom stereocenters. The standard InChI is InChI=1S/C15H12BrClN4O4S/c1-21-14-8(6-19-21)3-10(7-18-14)26(23,24)20-12-5-9(16)4-11(13(12)17)15(22)25-2/h3-7,20H,1-2H3. The lowest BCUT2D eigenvalue weighted by Gasteiger charge is -2.12. The van der Waals surface area contributed by atoms with Gasteiger partial charge in [-0.2, -0.15) is 5.10 Å². The molecule has 2 heterocycles. The number of esters is 1. The highest BCUT2D eigenvalue weighted by Gasteiger charge is 2.21. The molecular weight excluding hydrogens is 448 g/mol. The zero-order valence-electron chi connectivity index (χ0n) is 13.5. The fraction of sp³-hybridized carbons (Fsp3) is 0.133. The van der Waals surface area contributed by atoms with Crippen molar-refractivity contribution in [1.82, 2.24) is 14.8 Å². The maximum atomic E-state index is 12.7. The first-order valence-electron chi connectivity index (χ1n) is 7.11. The number of pyridine rings is 1. The number of methoxy groups -OCH3 is 1. The van der Waals surface area contributed by atoms with Crippen LogP contribution in [0.25, 0.3) is 11.0 Å². The molecule has 1 aromatic carbocycles. The number of benzene rings is 1. The van der Waals surface area contributed by atoms with Gasteiger partial charge in [0, 0.05) is 23.1 Å². The van der Waals surface area contributed by atoms with E-state index in [1.807, 2.05) is 0 Å². The van der Waals surface area contributed by atoms with Crippen LogP contribution in [0.15, 0.2) is 40.0 Å². The average Bonchev–Trinajstić information content (AvgIpc) is 2.97. The Morgan fingerprint density at radius 3 is 2.73 bits per heavy atom. The summed E-state index contributed by atoms with van der Waals surface area (Å²) >= 11 is 9.39. The van der Waals surface area contributed by atoms with Gasteiger partial charge in [-0.1, -0.05) is 27.5 Å². The number of fused-ring (bicyclic) bond motifs is 1. The Kier molecular flexibility index (Phi) is 4.91. The van der Waals surface area contributed by atoms with Crippen LogP contribution in [0.4, 0.5) is 5.69 Å². The van der Waals surface area contributed by atoms with Gasteiger partial charge in [0.2, 0.25) is 0 Å². The Morgan fingerprint density at radius 2 is 2.04 bits per heavy atom. The van der Waals surface area contributed by atoms with E-state index < -0.39 is 16.0 Å². The summed E-state index contributed by atoms with van der Waals surface area (Å²) in [6.45, 7) is 0. The highest BCUT2D eigenvalue weighted by atomic mass is 79.9. The Hall–Kier alpha value is -2.17. The molecular formula is C15H12BrClN4O4S. The predicted octanol–water partition coefficient (Wildman–Crippen LogP) is 2.97. The van der Waals surface area contributed by atoms with Gasteiger partial charge in [-0.25, -0.2) is 18.2 Å². The molecule has 0 spiro atoms. The molecule has 1 N–H and O–H groups in total. The minimum Gasteiger partial charge on any atom is -0.465 e. The molecule has 0 saturated heterocycles. The summed E-state index contributed by atoms with van der Waals surface area (Å²) in [6.07, 6.45) is 2.74. The van der Waals surface area contributed by atoms with Gasteiger partial charge in [-0.15, -0.1) is 0 Å². The third kappa shape index (κ3) is 3.39. The van der Waals surface area contributed by atoms with Gasteiger partial charge in [-0.05, 0) is 18.2 Å². The van der Waals surface area contributed by atoms with E-state index >= 15 is 0 Å². The Balaban J connectivity index is 2.03. The lowest BCUT2D eigenvalue weighted by Crippen LogP contribution is -2.15. The molecule has 0 aliphatic heterocycles. The average molecular weight is 460 g/mol. The summed E-state index contributed by atoms with van der Waals surface area (Å²) in [5.74, 6) is -0.685. The molecule has 0 radical (unpaired) electrons. The number of hydrogen-bond donors (Lipinski definition) is 1. The van der Waals surface area contributed by atoms with Gasteiger partial charge in [0.05, 0.1) is 29.6 Å². The van der Waals surface area contributed by atoms with E-state index in [0.717, 1.165) is 0 Å². The van der Waals surface area contributed by atoms with Crippen molar-refractivity contribution in [3.63, 3.8) is 0 Å². The van der Waals surface area contributed by atoms with Crippen molar-refractivity contribution in [3.8, 4) is 0 Å². The summed E-state index contributed by atoms with van der Waals surface area (Å²) in [4.78, 5) is 15.9. The van der Waals surface area contributed by atoms with Gasteiger partial charge in [0.15, 0.2) is 5.65 Å². The number of nitrogens with zero attached hydrogens (tertiary/aromatic N) is 3. The lowest BCUT2D eigenvalue weighted by atomic mass is 10.2. The molecule has 0 unspecified atom stereocenters. The highest BCUT2D eigenvalue weighted by Crippen LogP contribution is 2.32. The van der Waals surface area contributed by atoms with Crippen LogP contribution in [0.1, 0.15) is 10.4 Å². The van der Waals surface area contributed by atoms with Gasteiger partial charge in [-0.3, -0.25) is 9.40 Å². The third-order valence-electron chi connectivity index (χ3n) is 3.54. The molecule has 136 valence electrons. The molecule has 2 aromatic heterocycles. The maximum Gasteiger partial charge on any atom is 0.339 e. The van der Waals surface area contributed by atoms with Crippen LogP contribution >= 0.6 is 27.5 Å². The second kappa shape index (κ2) is 6.86. The monoisotopic (exact) mass is 458 g/mol. The first kappa shape index (κ1) is 18.6. The van der Waals surface area contributed by atoms with Crippen LogP contribution in [0, 0.1) is 0 Å². The number of carbonyl (C=O) groups excluding carboxylic acids is 1. The fourth-order valence-corrected chi connectivity index (χ4v) is 4.09. The van der Waals surface area contributed by atoms with Gasteiger partial charge in [0.25, 0.3) is 10.0 Å². The second-order valence-corrected chi connectivity index (χ2v) is 8.24. The number of nitrogens with one attached hydrogen (secondary N) is 1. The second-order valence-electron chi connectivity index (χ2n) is 5.26. The van der Waals surface area contributed by atoms with Crippen molar-refractivity contribution in [2.45, 2.75) is 4.90 Å². The predicted molar refractivity (Wildman–Crippen MR) is 99.8 cm³/mol. The number of hydrogen-bond acceptors (Lipinski definition) is 6. The third-order valence-corrected chi connectivity index (χ3v) is 5.74. The summed E-state index contributed by atoms with van der Waals surface area (Å²) in [5, 5.41) is 4.53. The normalized spacial score (nSPS) is 11.5. The smallest absolute Gasteiger partial charge is 0.339 e. The summed E-state index contributed by atoms with van der Waals surface area (Å²) in [6, 6.07) is 4.34. The van der Waals surface area contributed by atoms with E-state index in [-0.39, 0.29) is 21.2 Å². The van der Waals surface area contributed by atoms with Crippen LogP contribution in [-0.4, -0.2) is 36.3 Å². The van der Waals surface area contributed by atoms with Gasteiger partial charge in [0.1, 0.15) is 4.90 Å². The van der Waals surface area contributed by atoms with E-state index in [4.69, 9.17) is 11.6 Å². The Bertz CT molecular complexity index is 1130. The first-order valence-corrected chi connectivity index (χ1v) is 9.76. The first-order chi connectivity index (χ1) is 12.2. The lowest BCUT2D eigenvalue weighted by molar-refractivity contribution is 0.0601. The highest BCUT2D eigenvalue weighted by molar-refractivity contribution is 9.10. The largest absolute Gasteiger partial charge is 0.465 e. The van der Waals surface area contributed by atoms with E-state index in [1.165, 1.54) is 42.4 Å². The number of ether oxygens (including phenoxy) is 1. The number of anilines is 1. The number of aryl methyl sites for hydroxylation is 1. The number of sulfonamides is 1. The molecule has 0 bridgehead atoms. The van der Waals surface area contributed by atoms with Crippen LogP contribution in [0.3, 0.4) is 0 Å². The Morgan fingerprint density at radius 1 is 1.31 bits per heavy atom.